The molecule has 1 aromatic carbocycles. The van der Waals surface area contributed by atoms with Gasteiger partial charge in [0.25, 0.3) is 5.91 Å². The van der Waals surface area contributed by atoms with Crippen LogP contribution in [0.25, 0.3) is 0 Å². The van der Waals surface area contributed by atoms with Gasteiger partial charge < -0.3 is 9.80 Å². The van der Waals surface area contributed by atoms with Gasteiger partial charge in [-0.25, -0.2) is 4.90 Å². The topological polar surface area (TPSA) is 46.3 Å². The molecule has 0 radical (unpaired) electrons. The van der Waals surface area contributed by atoms with Crippen LogP contribution >= 0.6 is 0 Å². The molecular weight excluding hydrogens is 266 g/mol. The van der Waals surface area contributed by atoms with E-state index in [9.17, 15) is 9.59 Å². The van der Waals surface area contributed by atoms with Gasteiger partial charge in [-0.15, -0.1) is 0 Å². The van der Waals surface area contributed by atoms with Gasteiger partial charge in [-0.1, -0.05) is 18.2 Å². The van der Waals surface area contributed by atoms with Gasteiger partial charge in [0.2, 0.25) is 5.91 Å². The molecule has 0 aromatic heterocycles. The van der Waals surface area contributed by atoms with Crippen LogP contribution in [0.1, 0.15) is 13.3 Å². The van der Waals surface area contributed by atoms with Crippen molar-refractivity contribution in [3.63, 3.8) is 0 Å². The second kappa shape index (κ2) is 5.95. The molecule has 0 saturated carbocycles. The smallest absolute Gasteiger partial charge is 0.292 e. The number of hydrogen-bond donors (Lipinski definition) is 2. The molecule has 2 amide bonds. The van der Waals surface area contributed by atoms with E-state index in [0.29, 0.717) is 12.1 Å². The van der Waals surface area contributed by atoms with Crippen molar-refractivity contribution in [3.8, 4) is 0 Å². The lowest BCUT2D eigenvalue weighted by molar-refractivity contribution is -1.02. The Morgan fingerprint density at radius 3 is 2.38 bits per heavy atom. The molecule has 2 aliphatic rings. The molecule has 0 unspecified atom stereocenters. The van der Waals surface area contributed by atoms with Crippen molar-refractivity contribution in [2.45, 2.75) is 19.4 Å². The quantitative estimate of drug-likeness (QED) is 0.640. The number of para-hydroxylation sites is 1. The minimum absolute atomic E-state index is 0.0267. The van der Waals surface area contributed by atoms with Crippen LogP contribution in [-0.4, -0.2) is 50.6 Å². The summed E-state index contributed by atoms with van der Waals surface area (Å²) in [5.74, 6) is -0.0879. The molecule has 21 heavy (non-hydrogen) atoms. The van der Waals surface area contributed by atoms with Gasteiger partial charge in [0, 0.05) is 0 Å². The number of likely N-dealkylation sites (N-methyl/N-ethyl adjacent to an activating group) is 1. The van der Waals surface area contributed by atoms with E-state index in [2.05, 4.69) is 6.92 Å². The number of carbonyl (C=O) groups is 2. The van der Waals surface area contributed by atoms with Crippen LogP contribution < -0.4 is 14.7 Å². The highest BCUT2D eigenvalue weighted by Gasteiger charge is 2.46. The number of imide groups is 1. The Kier molecular flexibility index (Phi) is 4.03. The number of anilines is 1. The lowest BCUT2D eigenvalue weighted by atomic mass is 10.1. The molecule has 5 nitrogen and oxygen atoms in total. The molecular formula is C16H23N3O2+2. The fourth-order valence-corrected chi connectivity index (χ4v) is 3.43. The Balaban J connectivity index is 1.72. The molecule has 2 saturated heterocycles. The van der Waals surface area contributed by atoms with Gasteiger partial charge >= 0.3 is 0 Å². The van der Waals surface area contributed by atoms with Crippen molar-refractivity contribution in [3.05, 3.63) is 30.3 Å². The van der Waals surface area contributed by atoms with Gasteiger partial charge in [0.1, 0.15) is 26.2 Å². The summed E-state index contributed by atoms with van der Waals surface area (Å²) < 4.78 is 0. The van der Waals surface area contributed by atoms with Gasteiger partial charge in [-0.05, 0) is 19.1 Å². The summed E-state index contributed by atoms with van der Waals surface area (Å²) in [6, 6.07) is 9.08. The predicted molar refractivity (Wildman–Crippen MR) is 79.3 cm³/mol. The molecule has 3 rings (SSSR count). The number of hydrogen-bond acceptors (Lipinski definition) is 2. The molecule has 0 spiro atoms. The monoisotopic (exact) mass is 289 g/mol. The fraction of sp³-hybridized carbons (Fsp3) is 0.500. The average Bonchev–Trinajstić information content (AvgIpc) is 2.83. The second-order valence-corrected chi connectivity index (χ2v) is 5.92. The highest BCUT2D eigenvalue weighted by molar-refractivity contribution is 6.21. The van der Waals surface area contributed by atoms with Crippen molar-refractivity contribution >= 4 is 17.5 Å². The maximum absolute atomic E-state index is 12.6. The normalized spacial score (nSPS) is 30.0. The SMILES string of the molecule is CC[NH+]1CC[NH+]([C@H]2CC(=O)N(c3ccccc3)C2=O)CC1. The first-order valence-electron chi connectivity index (χ1n) is 7.80. The van der Waals surface area contributed by atoms with Gasteiger partial charge in [0.15, 0.2) is 6.04 Å². The minimum Gasteiger partial charge on any atom is -0.326 e. The van der Waals surface area contributed by atoms with Crippen LogP contribution in [0.5, 0.6) is 0 Å². The van der Waals surface area contributed by atoms with E-state index in [0.717, 1.165) is 32.7 Å². The number of quaternary nitrogens is 2. The zero-order valence-electron chi connectivity index (χ0n) is 12.5. The first-order chi connectivity index (χ1) is 10.2. The van der Waals surface area contributed by atoms with Crippen LogP contribution in [0.2, 0.25) is 0 Å². The number of nitrogens with zero attached hydrogens (tertiary/aromatic N) is 1. The third-order valence-electron chi connectivity index (χ3n) is 4.75. The fourth-order valence-electron chi connectivity index (χ4n) is 3.43. The zero-order chi connectivity index (χ0) is 14.8. The Bertz CT molecular complexity index is 524. The number of benzene rings is 1. The largest absolute Gasteiger partial charge is 0.326 e. The number of piperazine rings is 1. The van der Waals surface area contributed by atoms with Gasteiger partial charge in [-0.3, -0.25) is 9.59 Å². The number of amides is 2. The van der Waals surface area contributed by atoms with Crippen molar-refractivity contribution in [2.24, 2.45) is 0 Å². The highest BCUT2D eigenvalue weighted by atomic mass is 16.2. The summed E-state index contributed by atoms with van der Waals surface area (Å²) >= 11 is 0. The Labute approximate surface area is 125 Å². The first-order valence-corrected chi connectivity index (χ1v) is 7.80. The minimum atomic E-state index is -0.184. The summed E-state index contributed by atoms with van der Waals surface area (Å²) in [5, 5.41) is 0. The molecule has 5 heteroatoms. The van der Waals surface area contributed by atoms with Crippen LogP contribution in [0.4, 0.5) is 5.69 Å². The van der Waals surface area contributed by atoms with Crippen molar-refractivity contribution in [2.75, 3.05) is 37.6 Å². The third-order valence-corrected chi connectivity index (χ3v) is 4.75. The van der Waals surface area contributed by atoms with E-state index in [-0.39, 0.29) is 17.9 Å². The van der Waals surface area contributed by atoms with E-state index in [1.165, 1.54) is 9.80 Å². The maximum atomic E-state index is 12.6. The Morgan fingerprint density at radius 1 is 1.10 bits per heavy atom. The van der Waals surface area contributed by atoms with Crippen molar-refractivity contribution < 1.29 is 19.4 Å². The molecule has 2 aliphatic heterocycles. The first kappa shape index (κ1) is 14.2. The molecule has 0 aliphatic carbocycles. The van der Waals surface area contributed by atoms with Crippen LogP contribution in [0, 0.1) is 0 Å². The van der Waals surface area contributed by atoms with Crippen molar-refractivity contribution in [1.29, 1.82) is 0 Å². The van der Waals surface area contributed by atoms with Gasteiger partial charge in [0.05, 0.1) is 18.7 Å². The Morgan fingerprint density at radius 2 is 1.76 bits per heavy atom. The molecule has 112 valence electrons. The summed E-state index contributed by atoms with van der Waals surface area (Å²) in [6.07, 6.45) is 0.352. The standard InChI is InChI=1S/C16H21N3O2/c1-2-17-8-10-18(11-9-17)14-12-15(20)19(16(14)21)13-6-4-3-5-7-13/h3-7,14H,2,8-12H2,1H3/p+2/t14-/m0/s1. The van der Waals surface area contributed by atoms with E-state index in [1.807, 2.05) is 30.3 Å². The second-order valence-electron chi connectivity index (χ2n) is 5.92. The van der Waals surface area contributed by atoms with Crippen molar-refractivity contribution in [1.82, 2.24) is 0 Å². The average molecular weight is 289 g/mol. The molecule has 1 atom stereocenters. The lowest BCUT2D eigenvalue weighted by Gasteiger charge is -2.31. The number of nitrogens with one attached hydrogen (secondary N) is 2. The summed E-state index contributed by atoms with van der Waals surface area (Å²) in [6.45, 7) is 7.48. The lowest BCUT2D eigenvalue weighted by Crippen LogP contribution is -3.29. The van der Waals surface area contributed by atoms with E-state index >= 15 is 0 Å². The number of rotatable bonds is 3. The number of carbonyl (C=O) groups excluding carboxylic acids is 2. The zero-order valence-corrected chi connectivity index (χ0v) is 12.5. The van der Waals surface area contributed by atoms with Crippen LogP contribution in [-0.2, 0) is 9.59 Å². The van der Waals surface area contributed by atoms with E-state index < -0.39 is 0 Å². The predicted octanol–water partition coefficient (Wildman–Crippen LogP) is -1.88. The van der Waals surface area contributed by atoms with Gasteiger partial charge in [-0.2, -0.15) is 0 Å². The summed E-state index contributed by atoms with van der Waals surface area (Å²) in [4.78, 5) is 29.1. The van der Waals surface area contributed by atoms with E-state index in [1.54, 1.807) is 4.90 Å². The maximum Gasteiger partial charge on any atom is 0.292 e. The van der Waals surface area contributed by atoms with Crippen LogP contribution in [0.15, 0.2) is 30.3 Å². The Hall–Kier alpha value is -1.72. The molecule has 0 bridgehead atoms. The third kappa shape index (κ3) is 2.71. The highest BCUT2D eigenvalue weighted by Crippen LogP contribution is 2.21. The molecule has 1 aromatic rings. The van der Waals surface area contributed by atoms with Crippen LogP contribution in [0.3, 0.4) is 0 Å². The molecule has 2 heterocycles. The molecule has 2 N–H and O–H groups in total. The summed E-state index contributed by atoms with van der Waals surface area (Å²) in [5.41, 5.74) is 0.701. The summed E-state index contributed by atoms with van der Waals surface area (Å²) in [7, 11) is 0. The van der Waals surface area contributed by atoms with E-state index in [4.69, 9.17) is 0 Å². The molecule has 2 fully saturated rings.